The quantitative estimate of drug-likeness (QED) is 0.310. The highest BCUT2D eigenvalue weighted by atomic mass is 28.4. The second kappa shape index (κ2) is 12.6. The van der Waals surface area contributed by atoms with Crippen LogP contribution in [0.3, 0.4) is 0 Å². The maximum absolute atomic E-state index is 11.1. The monoisotopic (exact) mass is 558 g/mol. The molecule has 3 heterocycles. The molecule has 0 aromatic carbocycles. The molecular formula is C26H42O11Si. The first-order valence-corrected chi connectivity index (χ1v) is 14.4. The molecule has 216 valence electrons. The average Bonchev–Trinajstić information content (AvgIpc) is 2.77. The summed E-state index contributed by atoms with van der Waals surface area (Å²) in [6.07, 6.45) is 2.50. The van der Waals surface area contributed by atoms with Gasteiger partial charge in [-0.1, -0.05) is 41.5 Å². The molecule has 0 unspecified atom stereocenters. The Kier molecular flexibility index (Phi) is 10.6. The van der Waals surface area contributed by atoms with Gasteiger partial charge in [0.05, 0.1) is 19.1 Å². The number of carbonyl (C=O) groups excluding carboxylic acids is 3. The van der Waals surface area contributed by atoms with E-state index >= 15 is 0 Å². The Labute approximate surface area is 225 Å². The normalized spacial score (nSPS) is 29.8. The summed E-state index contributed by atoms with van der Waals surface area (Å²) in [5, 5.41) is 10.00. The zero-order chi connectivity index (χ0) is 28.9. The minimum absolute atomic E-state index is 0.0723. The molecule has 1 saturated heterocycles. The van der Waals surface area contributed by atoms with E-state index in [0.29, 0.717) is 6.61 Å². The van der Waals surface area contributed by atoms with Crippen LogP contribution in [0.2, 0.25) is 10.1 Å². The van der Waals surface area contributed by atoms with Gasteiger partial charge in [0.2, 0.25) is 0 Å². The molecule has 3 rings (SSSR count). The minimum Gasteiger partial charge on any atom is -0.493 e. The van der Waals surface area contributed by atoms with Gasteiger partial charge in [0, 0.05) is 30.8 Å². The van der Waals surface area contributed by atoms with E-state index in [1.54, 1.807) is 12.3 Å². The average molecular weight is 559 g/mol. The van der Waals surface area contributed by atoms with Gasteiger partial charge in [0.1, 0.15) is 24.9 Å². The largest absolute Gasteiger partial charge is 0.493 e. The molecule has 0 spiro atoms. The van der Waals surface area contributed by atoms with Crippen LogP contribution in [0.25, 0.3) is 0 Å². The van der Waals surface area contributed by atoms with Crippen LogP contribution < -0.4 is 0 Å². The number of ether oxygens (including phenoxy) is 5. The van der Waals surface area contributed by atoms with Gasteiger partial charge < -0.3 is 37.6 Å². The Morgan fingerprint density at radius 3 is 2.00 bits per heavy atom. The second-order valence-electron chi connectivity index (χ2n) is 11.5. The molecule has 1 N–H and O–H groups in total. The Balaban J connectivity index is 0.000000267. The fourth-order valence-electron chi connectivity index (χ4n) is 4.84. The van der Waals surface area contributed by atoms with Gasteiger partial charge in [-0.15, -0.1) is 0 Å². The van der Waals surface area contributed by atoms with Crippen LogP contribution in [0.1, 0.15) is 62.3 Å². The van der Waals surface area contributed by atoms with Gasteiger partial charge in [-0.05, 0) is 12.2 Å². The number of hydrogen-bond acceptors (Lipinski definition) is 11. The van der Waals surface area contributed by atoms with Crippen molar-refractivity contribution in [2.75, 3.05) is 13.2 Å². The zero-order valence-electron chi connectivity index (χ0n) is 23.7. The van der Waals surface area contributed by atoms with E-state index in [0.717, 1.165) is 0 Å². The van der Waals surface area contributed by atoms with Crippen molar-refractivity contribution in [2.24, 2.45) is 0 Å². The number of fused-ring (bicyclic) bond motifs is 1. The lowest BCUT2D eigenvalue weighted by Gasteiger charge is -2.55. The first kappa shape index (κ1) is 31.8. The van der Waals surface area contributed by atoms with Crippen LogP contribution in [0.4, 0.5) is 0 Å². The van der Waals surface area contributed by atoms with Crippen LogP contribution in [-0.2, 0) is 46.9 Å². The molecular weight excluding hydrogens is 516 g/mol. The molecule has 0 aliphatic carbocycles. The Morgan fingerprint density at radius 2 is 1.47 bits per heavy atom. The molecule has 11 nitrogen and oxygen atoms in total. The summed E-state index contributed by atoms with van der Waals surface area (Å²) in [6, 6.07) is 0. The van der Waals surface area contributed by atoms with Crippen molar-refractivity contribution in [3.8, 4) is 0 Å². The first-order valence-electron chi connectivity index (χ1n) is 12.6. The van der Waals surface area contributed by atoms with Crippen LogP contribution in [0.5, 0.6) is 0 Å². The molecule has 3 aliphatic heterocycles. The van der Waals surface area contributed by atoms with Gasteiger partial charge in [0.15, 0.2) is 18.3 Å². The lowest BCUT2D eigenvalue weighted by Crippen LogP contribution is -2.67. The van der Waals surface area contributed by atoms with Crippen molar-refractivity contribution in [3.05, 3.63) is 24.7 Å². The SMILES string of the molecule is CC(=O)OC[C@H]1OC=C[C@@H](OC(C)=O)[C@@H]1OC(C)=O.CC(C)(C)[Si]1(C(C)(C)C)OC[C@H]2OC=C[C@@H](O)[C@@H]2O1. The predicted molar refractivity (Wildman–Crippen MR) is 138 cm³/mol. The number of hydrogen-bond donors (Lipinski definition) is 1. The highest BCUT2D eigenvalue weighted by Crippen LogP contribution is 2.54. The van der Waals surface area contributed by atoms with Crippen molar-refractivity contribution >= 4 is 26.5 Å². The summed E-state index contributed by atoms with van der Waals surface area (Å²) in [4.78, 5) is 32.9. The molecule has 6 atom stereocenters. The highest BCUT2D eigenvalue weighted by molar-refractivity contribution is 6.73. The maximum atomic E-state index is 11.1. The molecule has 0 bridgehead atoms. The van der Waals surface area contributed by atoms with Gasteiger partial charge in [-0.3, -0.25) is 14.4 Å². The van der Waals surface area contributed by atoms with Crippen LogP contribution in [0, 0.1) is 0 Å². The van der Waals surface area contributed by atoms with Gasteiger partial charge in [-0.2, -0.15) is 0 Å². The Morgan fingerprint density at radius 1 is 0.895 bits per heavy atom. The van der Waals surface area contributed by atoms with E-state index in [4.69, 9.17) is 32.5 Å². The van der Waals surface area contributed by atoms with Crippen molar-refractivity contribution < 1.29 is 52.0 Å². The van der Waals surface area contributed by atoms with E-state index in [1.165, 1.54) is 33.1 Å². The number of rotatable bonds is 4. The van der Waals surface area contributed by atoms with E-state index in [9.17, 15) is 19.5 Å². The molecule has 0 amide bonds. The van der Waals surface area contributed by atoms with Crippen molar-refractivity contribution in [2.45, 2.75) is 109 Å². The lowest BCUT2D eigenvalue weighted by atomic mass is 10.1. The third kappa shape index (κ3) is 7.81. The van der Waals surface area contributed by atoms with E-state index in [1.807, 2.05) is 0 Å². The Hall–Kier alpha value is -2.41. The molecule has 0 saturated carbocycles. The molecule has 12 heteroatoms. The molecule has 0 radical (unpaired) electrons. The molecule has 3 aliphatic rings. The maximum Gasteiger partial charge on any atom is 0.349 e. The van der Waals surface area contributed by atoms with Crippen LogP contribution >= 0.6 is 0 Å². The fraction of sp³-hybridized carbons (Fsp3) is 0.731. The highest BCUT2D eigenvalue weighted by Gasteiger charge is 2.63. The van der Waals surface area contributed by atoms with Gasteiger partial charge >= 0.3 is 26.5 Å². The zero-order valence-corrected chi connectivity index (χ0v) is 24.7. The number of carbonyl (C=O) groups is 3. The molecule has 1 fully saturated rings. The van der Waals surface area contributed by atoms with Crippen molar-refractivity contribution in [1.82, 2.24) is 0 Å². The fourth-order valence-corrected chi connectivity index (χ4v) is 9.80. The summed E-state index contributed by atoms with van der Waals surface area (Å²) in [5.74, 6) is -1.54. The summed E-state index contributed by atoms with van der Waals surface area (Å²) >= 11 is 0. The summed E-state index contributed by atoms with van der Waals surface area (Å²) in [5.41, 5.74) is 0. The Bertz CT molecular complexity index is 888. The number of aliphatic hydroxyl groups is 1. The van der Waals surface area contributed by atoms with Gasteiger partial charge in [0.25, 0.3) is 0 Å². The molecule has 0 aromatic heterocycles. The minimum atomic E-state index is -2.51. The molecule has 0 aromatic rings. The first-order chi connectivity index (χ1) is 17.5. The number of esters is 3. The molecule has 38 heavy (non-hydrogen) atoms. The van der Waals surface area contributed by atoms with E-state index < -0.39 is 50.9 Å². The third-order valence-electron chi connectivity index (χ3n) is 6.23. The van der Waals surface area contributed by atoms with Crippen LogP contribution in [-0.4, -0.2) is 81.4 Å². The standard InChI is InChI=1S/C14H26O4Si.C12H16O7/c1-13(2,3)19(14(4,5)6)17-9-11-12(18-19)10(15)7-8-16-11;1-7(13)17-6-11-12(19-9(3)15)10(4-5-16-11)18-8(2)14/h7-8,10-12,15H,9H2,1-6H3;4-5,10-12H,6H2,1-3H3/t2*10-,11-,12+/m11/s1. The summed E-state index contributed by atoms with van der Waals surface area (Å²) in [7, 11) is -2.51. The smallest absolute Gasteiger partial charge is 0.349 e. The van der Waals surface area contributed by atoms with E-state index in [2.05, 4.69) is 41.5 Å². The lowest BCUT2D eigenvalue weighted by molar-refractivity contribution is -0.178. The summed E-state index contributed by atoms with van der Waals surface area (Å²) in [6.45, 7) is 17.1. The second-order valence-corrected chi connectivity index (χ2v) is 16.2. The van der Waals surface area contributed by atoms with Crippen LogP contribution in [0.15, 0.2) is 24.7 Å². The number of aliphatic hydroxyl groups excluding tert-OH is 1. The summed E-state index contributed by atoms with van der Waals surface area (Å²) < 4.78 is 38.3. The van der Waals surface area contributed by atoms with E-state index in [-0.39, 0.29) is 28.9 Å². The predicted octanol–water partition coefficient (Wildman–Crippen LogP) is 3.04. The van der Waals surface area contributed by atoms with Gasteiger partial charge in [-0.25, -0.2) is 0 Å². The van der Waals surface area contributed by atoms with Crippen molar-refractivity contribution in [1.29, 1.82) is 0 Å². The topological polar surface area (TPSA) is 136 Å². The van der Waals surface area contributed by atoms with Crippen molar-refractivity contribution in [3.63, 3.8) is 0 Å². The third-order valence-corrected chi connectivity index (χ3v) is 11.4.